The SMILES string of the molecule is Cc1n[c]cc(NC(=O)CN(C)C)n1. The van der Waals surface area contributed by atoms with E-state index in [9.17, 15) is 4.79 Å². The van der Waals surface area contributed by atoms with Gasteiger partial charge in [0.05, 0.1) is 12.7 Å². The first-order valence-corrected chi connectivity index (χ1v) is 4.24. The second-order valence-corrected chi connectivity index (χ2v) is 3.22. The van der Waals surface area contributed by atoms with Gasteiger partial charge >= 0.3 is 0 Å². The summed E-state index contributed by atoms with van der Waals surface area (Å²) >= 11 is 0. The van der Waals surface area contributed by atoms with Crippen LogP contribution in [0.1, 0.15) is 5.82 Å². The molecule has 0 aliphatic carbocycles. The summed E-state index contributed by atoms with van der Waals surface area (Å²) in [5.41, 5.74) is 0. The molecule has 0 aliphatic heterocycles. The van der Waals surface area contributed by atoms with Gasteiger partial charge in [-0.05, 0) is 21.0 Å². The number of amides is 1. The highest BCUT2D eigenvalue weighted by atomic mass is 16.2. The summed E-state index contributed by atoms with van der Waals surface area (Å²) in [5, 5.41) is 2.65. The first kappa shape index (κ1) is 10.6. The predicted molar refractivity (Wildman–Crippen MR) is 52.8 cm³/mol. The monoisotopic (exact) mass is 193 g/mol. The van der Waals surface area contributed by atoms with Crippen molar-refractivity contribution in [1.29, 1.82) is 0 Å². The molecule has 0 fully saturated rings. The molecule has 0 unspecified atom stereocenters. The number of hydrogen-bond acceptors (Lipinski definition) is 4. The molecule has 1 heterocycles. The lowest BCUT2D eigenvalue weighted by atomic mass is 10.5. The van der Waals surface area contributed by atoms with E-state index in [4.69, 9.17) is 0 Å². The molecule has 0 saturated carbocycles. The number of carbonyl (C=O) groups is 1. The lowest BCUT2D eigenvalue weighted by Crippen LogP contribution is -2.27. The van der Waals surface area contributed by atoms with Crippen LogP contribution in [0.5, 0.6) is 0 Å². The van der Waals surface area contributed by atoms with Crippen LogP contribution in [-0.4, -0.2) is 41.4 Å². The van der Waals surface area contributed by atoms with Crippen molar-refractivity contribution in [1.82, 2.24) is 14.9 Å². The third-order valence-corrected chi connectivity index (χ3v) is 1.44. The molecule has 1 aromatic rings. The molecular formula is C9H13N4O. The Morgan fingerprint density at radius 3 is 2.93 bits per heavy atom. The minimum absolute atomic E-state index is 0.0958. The number of aryl methyl sites for hydroxylation is 1. The summed E-state index contributed by atoms with van der Waals surface area (Å²) in [7, 11) is 3.66. The van der Waals surface area contributed by atoms with Crippen LogP contribution in [0.25, 0.3) is 0 Å². The number of nitrogens with one attached hydrogen (secondary N) is 1. The van der Waals surface area contributed by atoms with E-state index in [1.54, 1.807) is 17.9 Å². The number of likely N-dealkylation sites (N-methyl/N-ethyl adjacent to an activating group) is 1. The fourth-order valence-electron chi connectivity index (χ4n) is 0.952. The van der Waals surface area contributed by atoms with Crippen LogP contribution in [0.15, 0.2) is 6.07 Å². The maximum atomic E-state index is 11.3. The van der Waals surface area contributed by atoms with E-state index in [2.05, 4.69) is 21.5 Å². The Hall–Kier alpha value is -1.49. The van der Waals surface area contributed by atoms with Gasteiger partial charge in [-0.25, -0.2) is 9.97 Å². The van der Waals surface area contributed by atoms with E-state index in [-0.39, 0.29) is 5.91 Å². The minimum Gasteiger partial charge on any atom is -0.309 e. The molecule has 0 atom stereocenters. The molecule has 5 nitrogen and oxygen atoms in total. The third kappa shape index (κ3) is 3.49. The van der Waals surface area contributed by atoms with Crippen molar-refractivity contribution in [2.24, 2.45) is 0 Å². The van der Waals surface area contributed by atoms with Gasteiger partial charge in [0.2, 0.25) is 5.91 Å². The predicted octanol–water partition coefficient (Wildman–Crippen LogP) is 0.0853. The number of carbonyl (C=O) groups excluding carboxylic acids is 1. The summed E-state index contributed by atoms with van der Waals surface area (Å²) in [6.45, 7) is 2.08. The quantitative estimate of drug-likeness (QED) is 0.739. The average Bonchev–Trinajstić information content (AvgIpc) is 2.01. The molecule has 1 aromatic heterocycles. The third-order valence-electron chi connectivity index (χ3n) is 1.44. The first-order valence-electron chi connectivity index (χ1n) is 4.24. The van der Waals surface area contributed by atoms with Gasteiger partial charge in [-0.2, -0.15) is 0 Å². The van der Waals surface area contributed by atoms with Crippen LogP contribution in [-0.2, 0) is 4.79 Å². The molecule has 0 bridgehead atoms. The maximum Gasteiger partial charge on any atom is 0.239 e. The maximum absolute atomic E-state index is 11.3. The van der Waals surface area contributed by atoms with Crippen molar-refractivity contribution < 1.29 is 4.79 Å². The van der Waals surface area contributed by atoms with Crippen LogP contribution in [0.4, 0.5) is 5.82 Å². The van der Waals surface area contributed by atoms with Gasteiger partial charge < -0.3 is 10.2 Å². The van der Waals surface area contributed by atoms with Crippen LogP contribution in [0.3, 0.4) is 0 Å². The molecule has 14 heavy (non-hydrogen) atoms. The summed E-state index contributed by atoms with van der Waals surface area (Å²) in [6, 6.07) is 1.54. The number of aromatic nitrogens is 2. The smallest absolute Gasteiger partial charge is 0.239 e. The van der Waals surface area contributed by atoms with Crippen molar-refractivity contribution in [3.05, 3.63) is 18.1 Å². The van der Waals surface area contributed by atoms with Crippen molar-refractivity contribution in [2.45, 2.75) is 6.92 Å². The molecule has 1 amide bonds. The topological polar surface area (TPSA) is 58.1 Å². The van der Waals surface area contributed by atoms with Gasteiger partial charge in [-0.1, -0.05) is 0 Å². The van der Waals surface area contributed by atoms with Gasteiger partial charge in [0.25, 0.3) is 0 Å². The lowest BCUT2D eigenvalue weighted by molar-refractivity contribution is -0.116. The fraction of sp³-hybridized carbons (Fsp3) is 0.444. The molecule has 0 aliphatic rings. The Bertz CT molecular complexity index is 324. The van der Waals surface area contributed by atoms with Gasteiger partial charge in [-0.15, -0.1) is 0 Å². The zero-order chi connectivity index (χ0) is 10.6. The highest BCUT2D eigenvalue weighted by Crippen LogP contribution is 2.00. The number of nitrogens with zero attached hydrogens (tertiary/aromatic N) is 3. The van der Waals surface area contributed by atoms with E-state index in [0.717, 1.165) is 0 Å². The minimum atomic E-state index is -0.0958. The molecule has 5 heteroatoms. The van der Waals surface area contributed by atoms with E-state index in [0.29, 0.717) is 18.2 Å². The second-order valence-electron chi connectivity index (χ2n) is 3.22. The molecule has 0 aromatic carbocycles. The Morgan fingerprint density at radius 2 is 2.36 bits per heavy atom. The highest BCUT2D eigenvalue weighted by Gasteiger charge is 2.04. The van der Waals surface area contributed by atoms with Crippen molar-refractivity contribution in [3.8, 4) is 0 Å². The second kappa shape index (κ2) is 4.66. The number of rotatable bonds is 3. The van der Waals surface area contributed by atoms with Crippen molar-refractivity contribution in [2.75, 3.05) is 26.0 Å². The molecule has 1 N–H and O–H groups in total. The Morgan fingerprint density at radius 1 is 1.64 bits per heavy atom. The largest absolute Gasteiger partial charge is 0.309 e. The summed E-state index contributed by atoms with van der Waals surface area (Å²) in [6.07, 6.45) is 2.65. The van der Waals surface area contributed by atoms with Crippen LogP contribution in [0, 0.1) is 13.1 Å². The first-order chi connectivity index (χ1) is 6.58. The van der Waals surface area contributed by atoms with Crippen LogP contribution < -0.4 is 5.32 Å². The average molecular weight is 193 g/mol. The van der Waals surface area contributed by atoms with E-state index in [1.807, 2.05) is 14.1 Å². The fourth-order valence-corrected chi connectivity index (χ4v) is 0.952. The van der Waals surface area contributed by atoms with Gasteiger partial charge in [0.15, 0.2) is 0 Å². The van der Waals surface area contributed by atoms with E-state index < -0.39 is 0 Å². The highest BCUT2D eigenvalue weighted by molar-refractivity contribution is 5.91. The molecular weight excluding hydrogens is 180 g/mol. The Labute approximate surface area is 83.2 Å². The molecule has 1 radical (unpaired) electrons. The van der Waals surface area contributed by atoms with E-state index in [1.165, 1.54) is 0 Å². The Kier molecular flexibility index (Phi) is 3.53. The van der Waals surface area contributed by atoms with Crippen molar-refractivity contribution >= 4 is 11.7 Å². The molecule has 1 rings (SSSR count). The zero-order valence-electron chi connectivity index (χ0n) is 8.53. The number of hydrogen-bond donors (Lipinski definition) is 1. The molecule has 75 valence electrons. The van der Waals surface area contributed by atoms with Gasteiger partial charge in [-0.3, -0.25) is 4.79 Å². The summed E-state index contributed by atoms with van der Waals surface area (Å²) in [5.74, 6) is 0.985. The van der Waals surface area contributed by atoms with Crippen LogP contribution in [0.2, 0.25) is 0 Å². The van der Waals surface area contributed by atoms with Crippen LogP contribution >= 0.6 is 0 Å². The van der Waals surface area contributed by atoms with E-state index >= 15 is 0 Å². The van der Waals surface area contributed by atoms with Crippen molar-refractivity contribution in [3.63, 3.8) is 0 Å². The number of anilines is 1. The van der Waals surface area contributed by atoms with Gasteiger partial charge in [0, 0.05) is 6.07 Å². The van der Waals surface area contributed by atoms with Gasteiger partial charge in [0.1, 0.15) is 11.6 Å². The molecule has 0 spiro atoms. The zero-order valence-corrected chi connectivity index (χ0v) is 8.53. The standard InChI is InChI=1S/C9H13N4O/c1-7-10-5-4-8(11-7)12-9(14)6-13(2)3/h4H,6H2,1-3H3,(H,10,11,12,14). The molecule has 0 saturated heterocycles. The normalized spacial score (nSPS) is 10.3. The summed E-state index contributed by atoms with van der Waals surface area (Å²) in [4.78, 5) is 20.9. The Balaban J connectivity index is 2.56. The lowest BCUT2D eigenvalue weighted by Gasteiger charge is -2.09. The summed E-state index contributed by atoms with van der Waals surface area (Å²) < 4.78 is 0.